The minimum Gasteiger partial charge on any atom is -0.468 e. The highest BCUT2D eigenvalue weighted by atomic mass is 32.2. The van der Waals surface area contributed by atoms with Crippen LogP contribution in [0, 0.1) is 11.6 Å². The topological polar surface area (TPSA) is 38.3 Å². The molecule has 1 aromatic carbocycles. The number of esters is 1. The maximum Gasteiger partial charge on any atom is 0.326 e. The van der Waals surface area contributed by atoms with Crippen molar-refractivity contribution in [2.24, 2.45) is 0 Å². The standard InChI is InChI=1S/C12H15F2NO2S/c1-12(15-2,11(16)17-3)7-18-8-4-5-9(13)10(14)6-8/h4-6,15H,7H2,1-3H3. The predicted octanol–water partition coefficient (Wildman–Crippen LogP) is 2.21. The summed E-state index contributed by atoms with van der Waals surface area (Å²) in [6.45, 7) is 1.69. The van der Waals surface area contributed by atoms with Gasteiger partial charge in [0.1, 0.15) is 5.54 Å². The van der Waals surface area contributed by atoms with Gasteiger partial charge in [-0.15, -0.1) is 11.8 Å². The molecule has 100 valence electrons. The summed E-state index contributed by atoms with van der Waals surface area (Å²) >= 11 is 1.25. The van der Waals surface area contributed by atoms with Gasteiger partial charge in [-0.3, -0.25) is 4.79 Å². The predicted molar refractivity (Wildman–Crippen MR) is 66.6 cm³/mol. The molecule has 0 aliphatic carbocycles. The molecular formula is C12H15F2NO2S. The van der Waals surface area contributed by atoms with E-state index in [1.165, 1.54) is 24.9 Å². The number of hydrogen-bond donors (Lipinski definition) is 1. The Morgan fingerprint density at radius 2 is 2.11 bits per heavy atom. The van der Waals surface area contributed by atoms with Crippen LogP contribution in [0.1, 0.15) is 6.92 Å². The van der Waals surface area contributed by atoms with Gasteiger partial charge in [-0.25, -0.2) is 8.78 Å². The Balaban J connectivity index is 2.73. The highest BCUT2D eigenvalue weighted by Crippen LogP contribution is 2.24. The average Bonchev–Trinajstić information content (AvgIpc) is 2.38. The highest BCUT2D eigenvalue weighted by Gasteiger charge is 2.32. The van der Waals surface area contributed by atoms with Gasteiger partial charge in [-0.1, -0.05) is 0 Å². The number of likely N-dealkylation sites (N-methyl/N-ethyl adjacent to an activating group) is 1. The molecule has 0 saturated carbocycles. The summed E-state index contributed by atoms with van der Waals surface area (Å²) in [7, 11) is 2.95. The largest absolute Gasteiger partial charge is 0.468 e. The van der Waals surface area contributed by atoms with E-state index >= 15 is 0 Å². The van der Waals surface area contributed by atoms with Crippen LogP contribution in [0.5, 0.6) is 0 Å². The fraction of sp³-hybridized carbons (Fsp3) is 0.417. The summed E-state index contributed by atoms with van der Waals surface area (Å²) in [5, 5.41) is 2.86. The lowest BCUT2D eigenvalue weighted by atomic mass is 10.1. The second-order valence-corrected chi connectivity index (χ2v) is 4.99. The number of rotatable bonds is 5. The van der Waals surface area contributed by atoms with Gasteiger partial charge in [-0.05, 0) is 32.2 Å². The maximum atomic E-state index is 13.0. The van der Waals surface area contributed by atoms with E-state index in [1.54, 1.807) is 14.0 Å². The lowest BCUT2D eigenvalue weighted by Gasteiger charge is -2.25. The molecule has 1 rings (SSSR count). The minimum absolute atomic E-state index is 0.348. The Hall–Kier alpha value is -1.14. The van der Waals surface area contributed by atoms with Gasteiger partial charge in [0, 0.05) is 10.6 Å². The second-order valence-electron chi connectivity index (χ2n) is 3.94. The third-order valence-corrected chi connectivity index (χ3v) is 3.92. The Morgan fingerprint density at radius 3 is 2.61 bits per heavy atom. The summed E-state index contributed by atoms with van der Waals surface area (Å²) in [5.74, 6) is -1.84. The third-order valence-electron chi connectivity index (χ3n) is 2.61. The van der Waals surface area contributed by atoms with Gasteiger partial charge >= 0.3 is 5.97 Å². The molecule has 0 amide bonds. The van der Waals surface area contributed by atoms with Gasteiger partial charge in [0.25, 0.3) is 0 Å². The molecule has 0 aromatic heterocycles. The second kappa shape index (κ2) is 6.15. The summed E-state index contributed by atoms with van der Waals surface area (Å²) < 4.78 is 30.5. The normalized spacial score (nSPS) is 14.1. The first kappa shape index (κ1) is 14.9. The molecule has 0 aliphatic rings. The van der Waals surface area contributed by atoms with Crippen LogP contribution in [0.3, 0.4) is 0 Å². The molecular weight excluding hydrogens is 260 g/mol. The molecule has 1 atom stereocenters. The lowest BCUT2D eigenvalue weighted by Crippen LogP contribution is -2.50. The van der Waals surface area contributed by atoms with Crippen molar-refractivity contribution in [3.8, 4) is 0 Å². The number of carbonyl (C=O) groups excluding carboxylic acids is 1. The molecule has 0 aliphatic heterocycles. The Kier molecular flexibility index (Phi) is 5.10. The number of carbonyl (C=O) groups is 1. The van der Waals surface area contributed by atoms with Crippen LogP contribution in [0.2, 0.25) is 0 Å². The number of ether oxygens (including phenoxy) is 1. The van der Waals surface area contributed by atoms with Gasteiger partial charge in [0.05, 0.1) is 7.11 Å². The van der Waals surface area contributed by atoms with Crippen molar-refractivity contribution >= 4 is 17.7 Å². The molecule has 1 aromatic rings. The van der Waals surface area contributed by atoms with Crippen LogP contribution in [0.25, 0.3) is 0 Å². The van der Waals surface area contributed by atoms with Crippen molar-refractivity contribution in [1.29, 1.82) is 0 Å². The molecule has 0 fully saturated rings. The summed E-state index contributed by atoms with van der Waals surface area (Å²) in [4.78, 5) is 12.1. The minimum atomic E-state index is -0.899. The number of hydrogen-bond acceptors (Lipinski definition) is 4. The van der Waals surface area contributed by atoms with Crippen LogP contribution < -0.4 is 5.32 Å². The van der Waals surface area contributed by atoms with E-state index in [9.17, 15) is 13.6 Å². The van der Waals surface area contributed by atoms with Crippen LogP contribution in [0.4, 0.5) is 8.78 Å². The first-order chi connectivity index (χ1) is 8.42. The number of halogens is 2. The van der Waals surface area contributed by atoms with Crippen LogP contribution in [-0.4, -0.2) is 31.4 Å². The molecule has 3 nitrogen and oxygen atoms in total. The van der Waals surface area contributed by atoms with Crippen LogP contribution in [0.15, 0.2) is 23.1 Å². The monoisotopic (exact) mass is 275 g/mol. The zero-order valence-corrected chi connectivity index (χ0v) is 11.2. The number of methoxy groups -OCH3 is 1. The van der Waals surface area contributed by atoms with E-state index in [2.05, 4.69) is 10.1 Å². The lowest BCUT2D eigenvalue weighted by molar-refractivity contribution is -0.146. The molecule has 0 radical (unpaired) electrons. The van der Waals surface area contributed by atoms with Gasteiger partial charge in [0.2, 0.25) is 0 Å². The molecule has 1 N–H and O–H groups in total. The van der Waals surface area contributed by atoms with Crippen molar-refractivity contribution in [3.63, 3.8) is 0 Å². The van der Waals surface area contributed by atoms with Gasteiger partial charge < -0.3 is 10.1 Å². The molecule has 0 heterocycles. The number of thioether (sulfide) groups is 1. The average molecular weight is 275 g/mol. The third kappa shape index (κ3) is 3.43. The zero-order valence-electron chi connectivity index (χ0n) is 10.4. The molecule has 1 unspecified atom stereocenters. The molecule has 0 bridgehead atoms. The van der Waals surface area contributed by atoms with Crippen molar-refractivity contribution in [2.45, 2.75) is 17.4 Å². The van der Waals surface area contributed by atoms with Crippen LogP contribution in [-0.2, 0) is 9.53 Å². The molecule has 6 heteroatoms. The van der Waals surface area contributed by atoms with Crippen molar-refractivity contribution in [1.82, 2.24) is 5.32 Å². The van der Waals surface area contributed by atoms with E-state index in [1.807, 2.05) is 0 Å². The summed E-state index contributed by atoms with van der Waals surface area (Å²) in [5.41, 5.74) is -0.871. The maximum absolute atomic E-state index is 13.0. The molecule has 0 saturated heterocycles. The zero-order chi connectivity index (χ0) is 13.8. The fourth-order valence-corrected chi connectivity index (χ4v) is 2.32. The highest BCUT2D eigenvalue weighted by molar-refractivity contribution is 7.99. The van der Waals surface area contributed by atoms with Crippen LogP contribution >= 0.6 is 11.8 Å². The SMILES string of the molecule is CNC(C)(CSc1ccc(F)c(F)c1)C(=O)OC. The van der Waals surface area contributed by atoms with E-state index in [0.29, 0.717) is 10.6 Å². The van der Waals surface area contributed by atoms with Gasteiger partial charge in [-0.2, -0.15) is 0 Å². The van der Waals surface area contributed by atoms with Gasteiger partial charge in [0.15, 0.2) is 11.6 Å². The molecule has 18 heavy (non-hydrogen) atoms. The van der Waals surface area contributed by atoms with E-state index in [0.717, 1.165) is 12.1 Å². The number of nitrogens with one attached hydrogen (secondary N) is 1. The quantitative estimate of drug-likeness (QED) is 0.660. The Morgan fingerprint density at radius 1 is 1.44 bits per heavy atom. The number of benzene rings is 1. The first-order valence-corrected chi connectivity index (χ1v) is 6.26. The Labute approximate surface area is 109 Å². The first-order valence-electron chi connectivity index (χ1n) is 5.28. The van der Waals surface area contributed by atoms with Crippen molar-refractivity contribution < 1.29 is 18.3 Å². The van der Waals surface area contributed by atoms with E-state index in [4.69, 9.17) is 0 Å². The van der Waals surface area contributed by atoms with E-state index in [-0.39, 0.29) is 0 Å². The van der Waals surface area contributed by atoms with Crippen molar-refractivity contribution in [2.75, 3.05) is 19.9 Å². The Bertz CT molecular complexity index is 442. The fourth-order valence-electron chi connectivity index (χ4n) is 1.25. The van der Waals surface area contributed by atoms with Crippen molar-refractivity contribution in [3.05, 3.63) is 29.8 Å². The molecule has 0 spiro atoms. The van der Waals surface area contributed by atoms with E-state index < -0.39 is 23.1 Å². The smallest absolute Gasteiger partial charge is 0.326 e. The summed E-state index contributed by atoms with van der Waals surface area (Å²) in [6, 6.07) is 3.64. The summed E-state index contributed by atoms with van der Waals surface area (Å²) in [6.07, 6.45) is 0.